The Morgan fingerprint density at radius 2 is 2.05 bits per heavy atom. The second-order valence-corrected chi connectivity index (χ2v) is 4.81. The molecule has 6 nitrogen and oxygen atoms in total. The second kappa shape index (κ2) is 9.18. The molecule has 0 aliphatic rings. The summed E-state index contributed by atoms with van der Waals surface area (Å²) in [6.07, 6.45) is 2.47. The van der Waals surface area contributed by atoms with Crippen LogP contribution in [-0.2, 0) is 6.54 Å². The number of aromatic nitrogens is 1. The molecule has 1 unspecified atom stereocenters. The van der Waals surface area contributed by atoms with E-state index in [2.05, 4.69) is 34.4 Å². The Hall–Kier alpha value is -1.82. The highest BCUT2D eigenvalue weighted by Crippen LogP contribution is 2.10. The highest BCUT2D eigenvalue weighted by atomic mass is 16.3. The summed E-state index contributed by atoms with van der Waals surface area (Å²) in [5.74, 6) is 0.944. The number of rotatable bonds is 8. The molecule has 6 heteroatoms. The van der Waals surface area contributed by atoms with Gasteiger partial charge in [0.15, 0.2) is 0 Å². The smallest absolute Gasteiger partial charge is 0.315 e. The van der Waals surface area contributed by atoms with Gasteiger partial charge in [0.1, 0.15) is 5.82 Å². The number of carbonyl (C=O) groups excluding carboxylic acids is 1. The van der Waals surface area contributed by atoms with Crippen molar-refractivity contribution in [2.45, 2.75) is 39.8 Å². The molecule has 1 aromatic heterocycles. The van der Waals surface area contributed by atoms with Crippen molar-refractivity contribution in [3.63, 3.8) is 0 Å². The Morgan fingerprint density at radius 1 is 1.33 bits per heavy atom. The van der Waals surface area contributed by atoms with Gasteiger partial charge >= 0.3 is 6.03 Å². The first-order valence-electron chi connectivity index (χ1n) is 7.49. The summed E-state index contributed by atoms with van der Waals surface area (Å²) in [5.41, 5.74) is 0.943. The van der Waals surface area contributed by atoms with Crippen LogP contribution in [0.5, 0.6) is 0 Å². The molecule has 2 amide bonds. The molecule has 1 aromatic rings. The summed E-state index contributed by atoms with van der Waals surface area (Å²) in [7, 11) is 0. The normalized spacial score (nSPS) is 11.8. The maximum absolute atomic E-state index is 11.7. The molecule has 0 fully saturated rings. The molecule has 118 valence electrons. The first kappa shape index (κ1) is 17.2. The van der Waals surface area contributed by atoms with Crippen LogP contribution in [0.2, 0.25) is 0 Å². The average molecular weight is 294 g/mol. The predicted octanol–water partition coefficient (Wildman–Crippen LogP) is 1.50. The fourth-order valence-corrected chi connectivity index (χ4v) is 1.95. The maximum Gasteiger partial charge on any atom is 0.315 e. The van der Waals surface area contributed by atoms with E-state index in [1.165, 1.54) is 0 Å². The van der Waals surface area contributed by atoms with Gasteiger partial charge in [0.2, 0.25) is 0 Å². The van der Waals surface area contributed by atoms with E-state index >= 15 is 0 Å². The van der Waals surface area contributed by atoms with Gasteiger partial charge in [-0.3, -0.25) is 0 Å². The van der Waals surface area contributed by atoms with Crippen molar-refractivity contribution in [2.75, 3.05) is 24.6 Å². The fraction of sp³-hybridized carbons (Fsp3) is 0.600. The Morgan fingerprint density at radius 3 is 2.52 bits per heavy atom. The number of urea groups is 1. The lowest BCUT2D eigenvalue weighted by atomic mass is 10.2. The molecule has 0 saturated heterocycles. The van der Waals surface area contributed by atoms with E-state index in [0.717, 1.165) is 24.5 Å². The largest absolute Gasteiger partial charge is 0.394 e. The van der Waals surface area contributed by atoms with E-state index in [1.807, 2.05) is 19.1 Å². The zero-order valence-corrected chi connectivity index (χ0v) is 13.1. The van der Waals surface area contributed by atoms with Gasteiger partial charge in [0.05, 0.1) is 12.6 Å². The van der Waals surface area contributed by atoms with Crippen LogP contribution in [0.1, 0.15) is 32.8 Å². The van der Waals surface area contributed by atoms with Crippen LogP contribution in [-0.4, -0.2) is 41.9 Å². The zero-order chi connectivity index (χ0) is 15.7. The number of carbonyl (C=O) groups is 1. The lowest BCUT2D eigenvalue weighted by Crippen LogP contribution is -2.43. The van der Waals surface area contributed by atoms with Crippen LogP contribution in [0.4, 0.5) is 10.6 Å². The van der Waals surface area contributed by atoms with Crippen LogP contribution in [0.25, 0.3) is 0 Å². The lowest BCUT2D eigenvalue weighted by Gasteiger charge is -2.19. The SMILES string of the molecule is CCC(CO)NC(=O)NCc1ccc(N(CC)CC)nc1. The van der Waals surface area contributed by atoms with E-state index in [9.17, 15) is 4.79 Å². The van der Waals surface area contributed by atoms with Crippen molar-refractivity contribution in [1.29, 1.82) is 0 Å². The number of pyridine rings is 1. The quantitative estimate of drug-likeness (QED) is 0.679. The highest BCUT2D eigenvalue weighted by molar-refractivity contribution is 5.74. The number of nitrogens with zero attached hydrogens (tertiary/aromatic N) is 2. The molecule has 3 N–H and O–H groups in total. The minimum atomic E-state index is -0.274. The van der Waals surface area contributed by atoms with Crippen molar-refractivity contribution in [1.82, 2.24) is 15.6 Å². The standard InChI is InChI=1S/C15H26N4O2/c1-4-13(11-20)18-15(21)17-10-12-7-8-14(16-9-12)19(5-2)6-3/h7-9,13,20H,4-6,10-11H2,1-3H3,(H2,17,18,21). The summed E-state index contributed by atoms with van der Waals surface area (Å²) in [6, 6.07) is 3.45. The van der Waals surface area contributed by atoms with Crippen molar-refractivity contribution in [2.24, 2.45) is 0 Å². The topological polar surface area (TPSA) is 77.5 Å². The molecule has 21 heavy (non-hydrogen) atoms. The molecule has 0 aliphatic heterocycles. The van der Waals surface area contributed by atoms with Crippen LogP contribution >= 0.6 is 0 Å². The Labute approximate surface area is 126 Å². The summed E-state index contributed by atoms with van der Waals surface area (Å²) < 4.78 is 0. The molecule has 0 saturated carbocycles. The summed E-state index contributed by atoms with van der Waals surface area (Å²) >= 11 is 0. The van der Waals surface area contributed by atoms with Gasteiger partial charge in [-0.05, 0) is 31.9 Å². The number of anilines is 1. The fourth-order valence-electron chi connectivity index (χ4n) is 1.95. The van der Waals surface area contributed by atoms with Crippen LogP contribution in [0.3, 0.4) is 0 Å². The second-order valence-electron chi connectivity index (χ2n) is 4.81. The van der Waals surface area contributed by atoms with Crippen LogP contribution in [0, 0.1) is 0 Å². The van der Waals surface area contributed by atoms with Gasteiger partial charge in [0.25, 0.3) is 0 Å². The average Bonchev–Trinajstić information content (AvgIpc) is 2.53. The summed E-state index contributed by atoms with van der Waals surface area (Å²) in [5, 5.41) is 14.5. The van der Waals surface area contributed by atoms with E-state index in [4.69, 9.17) is 5.11 Å². The molecular formula is C15H26N4O2. The Balaban J connectivity index is 2.47. The van der Waals surface area contributed by atoms with Gasteiger partial charge in [-0.1, -0.05) is 13.0 Å². The lowest BCUT2D eigenvalue weighted by molar-refractivity contribution is 0.214. The van der Waals surface area contributed by atoms with Gasteiger partial charge in [0, 0.05) is 25.8 Å². The van der Waals surface area contributed by atoms with Crippen molar-refractivity contribution < 1.29 is 9.90 Å². The number of hydrogen-bond donors (Lipinski definition) is 3. The highest BCUT2D eigenvalue weighted by Gasteiger charge is 2.08. The predicted molar refractivity (Wildman–Crippen MR) is 84.3 cm³/mol. The molecule has 0 radical (unpaired) electrons. The number of hydrogen-bond acceptors (Lipinski definition) is 4. The Kier molecular flexibility index (Phi) is 7.53. The van der Waals surface area contributed by atoms with Gasteiger partial charge in [-0.25, -0.2) is 9.78 Å². The summed E-state index contributed by atoms with van der Waals surface area (Å²) in [6.45, 7) is 8.30. The van der Waals surface area contributed by atoms with Crippen molar-refractivity contribution in [3.8, 4) is 0 Å². The number of aliphatic hydroxyl groups is 1. The Bertz CT molecular complexity index is 414. The minimum Gasteiger partial charge on any atom is -0.394 e. The molecule has 0 aromatic carbocycles. The van der Waals surface area contributed by atoms with Gasteiger partial charge in [-0.15, -0.1) is 0 Å². The van der Waals surface area contributed by atoms with Gasteiger partial charge in [-0.2, -0.15) is 0 Å². The molecule has 1 rings (SSSR count). The first-order valence-corrected chi connectivity index (χ1v) is 7.49. The molecular weight excluding hydrogens is 268 g/mol. The first-order chi connectivity index (χ1) is 10.1. The van der Waals surface area contributed by atoms with Crippen LogP contribution < -0.4 is 15.5 Å². The molecule has 0 bridgehead atoms. The third-order valence-corrected chi connectivity index (χ3v) is 3.40. The molecule has 1 atom stereocenters. The number of amides is 2. The van der Waals surface area contributed by atoms with E-state index in [1.54, 1.807) is 6.20 Å². The summed E-state index contributed by atoms with van der Waals surface area (Å²) in [4.78, 5) is 18.2. The third-order valence-electron chi connectivity index (χ3n) is 3.40. The zero-order valence-electron chi connectivity index (χ0n) is 13.1. The van der Waals surface area contributed by atoms with Crippen molar-refractivity contribution >= 4 is 11.8 Å². The molecule has 0 spiro atoms. The molecule has 0 aliphatic carbocycles. The number of aliphatic hydroxyl groups excluding tert-OH is 1. The van der Waals surface area contributed by atoms with E-state index < -0.39 is 0 Å². The molecule has 1 heterocycles. The monoisotopic (exact) mass is 294 g/mol. The van der Waals surface area contributed by atoms with Crippen molar-refractivity contribution in [3.05, 3.63) is 23.9 Å². The number of nitrogens with one attached hydrogen (secondary N) is 2. The van der Waals surface area contributed by atoms with E-state index in [0.29, 0.717) is 13.0 Å². The third kappa shape index (κ3) is 5.59. The maximum atomic E-state index is 11.7. The minimum absolute atomic E-state index is 0.0515. The van der Waals surface area contributed by atoms with E-state index in [-0.39, 0.29) is 18.7 Å². The van der Waals surface area contributed by atoms with Crippen LogP contribution in [0.15, 0.2) is 18.3 Å². The van der Waals surface area contributed by atoms with Gasteiger partial charge < -0.3 is 20.6 Å².